The summed E-state index contributed by atoms with van der Waals surface area (Å²) in [6.45, 7) is 2.17. The van der Waals surface area contributed by atoms with Gasteiger partial charge in [0.25, 0.3) is 0 Å². The fourth-order valence-corrected chi connectivity index (χ4v) is 4.09. The van der Waals surface area contributed by atoms with Crippen molar-refractivity contribution in [1.82, 2.24) is 0 Å². The molecule has 0 radical (unpaired) electrons. The maximum Gasteiger partial charge on any atom is 0.0304 e. The van der Waals surface area contributed by atoms with Gasteiger partial charge in [0, 0.05) is 14.3 Å². The average Bonchev–Trinajstić information content (AvgIpc) is 1.97. The van der Waals surface area contributed by atoms with Gasteiger partial charge < -0.3 is 0 Å². The van der Waals surface area contributed by atoms with Crippen molar-refractivity contribution in [1.29, 1.82) is 0 Å². The summed E-state index contributed by atoms with van der Waals surface area (Å²) in [6.07, 6.45) is 0. The van der Waals surface area contributed by atoms with E-state index < -0.39 is 0 Å². The van der Waals surface area contributed by atoms with E-state index in [-0.39, 0.29) is 0 Å². The van der Waals surface area contributed by atoms with Crippen LogP contribution in [-0.4, -0.2) is 0 Å². The minimum atomic E-state index is 1.35. The smallest absolute Gasteiger partial charge is 0.0304 e. The predicted molar refractivity (Wildman–Crippen MR) is 82.0 cm³/mol. The Morgan fingerprint density at radius 3 is 1.64 bits per heavy atom. The van der Waals surface area contributed by atoms with Crippen LogP contribution in [0.15, 0.2) is 6.07 Å². The van der Waals surface area contributed by atoms with Crippen LogP contribution >= 0.6 is 90.4 Å². The van der Waals surface area contributed by atoms with Crippen molar-refractivity contribution in [2.24, 2.45) is 0 Å². The lowest BCUT2D eigenvalue weighted by Crippen LogP contribution is -1.92. The van der Waals surface area contributed by atoms with E-state index in [0.29, 0.717) is 0 Å². The summed E-state index contributed by atoms with van der Waals surface area (Å²) in [5.41, 5.74) is 1.41. The van der Waals surface area contributed by atoms with Crippen molar-refractivity contribution in [3.8, 4) is 0 Å². The highest BCUT2D eigenvalue weighted by molar-refractivity contribution is 14.1. The first-order valence-corrected chi connectivity index (χ1v) is 7.15. The van der Waals surface area contributed by atoms with Crippen molar-refractivity contribution >= 4 is 90.4 Å². The van der Waals surface area contributed by atoms with Crippen LogP contribution < -0.4 is 0 Å². The fourth-order valence-electron chi connectivity index (χ4n) is 0.693. The molecule has 1 aromatic rings. The van der Waals surface area contributed by atoms with Gasteiger partial charge in [0.15, 0.2) is 0 Å². The molecule has 0 aliphatic carbocycles. The molecule has 0 N–H and O–H groups in total. The van der Waals surface area contributed by atoms with Gasteiger partial charge >= 0.3 is 0 Å². The molecular formula is C7H4I4. The Morgan fingerprint density at radius 2 is 1.27 bits per heavy atom. The van der Waals surface area contributed by atoms with Crippen LogP contribution in [0.1, 0.15) is 5.56 Å². The van der Waals surface area contributed by atoms with Crippen LogP contribution in [-0.2, 0) is 0 Å². The van der Waals surface area contributed by atoms with Gasteiger partial charge in [-0.1, -0.05) is 0 Å². The van der Waals surface area contributed by atoms with Crippen LogP contribution in [0, 0.1) is 21.2 Å². The quantitative estimate of drug-likeness (QED) is 0.308. The van der Waals surface area contributed by atoms with E-state index >= 15 is 0 Å². The normalized spacial score (nSPS) is 10.3. The summed E-state index contributed by atoms with van der Waals surface area (Å²) in [7, 11) is 0. The molecule has 11 heavy (non-hydrogen) atoms. The third kappa shape index (κ3) is 2.55. The van der Waals surface area contributed by atoms with Crippen LogP contribution in [0.5, 0.6) is 0 Å². The Labute approximate surface area is 121 Å². The van der Waals surface area contributed by atoms with Gasteiger partial charge in [-0.2, -0.15) is 0 Å². The first-order chi connectivity index (χ1) is 5.04. The lowest BCUT2D eigenvalue weighted by molar-refractivity contribution is 1.34. The van der Waals surface area contributed by atoms with Crippen molar-refractivity contribution < 1.29 is 0 Å². The summed E-state index contributed by atoms with van der Waals surface area (Å²) in [5, 5.41) is 0. The second kappa shape index (κ2) is 4.58. The molecule has 0 heterocycles. The van der Waals surface area contributed by atoms with Crippen LogP contribution in [0.2, 0.25) is 0 Å². The SMILES string of the molecule is Cc1c(I)c(I)cc(I)c1I. The minimum absolute atomic E-state index is 1.35. The summed E-state index contributed by atoms with van der Waals surface area (Å²) in [4.78, 5) is 0. The Bertz CT molecular complexity index is 267. The molecule has 0 nitrogen and oxygen atoms in total. The van der Waals surface area contributed by atoms with Gasteiger partial charge in [0.2, 0.25) is 0 Å². The first-order valence-electron chi connectivity index (χ1n) is 2.83. The first kappa shape index (κ1) is 11.2. The summed E-state index contributed by atoms with van der Waals surface area (Å²) in [5.74, 6) is 0. The molecule has 60 valence electrons. The van der Waals surface area contributed by atoms with Gasteiger partial charge in [0.05, 0.1) is 0 Å². The van der Waals surface area contributed by atoms with E-state index in [0.717, 1.165) is 0 Å². The molecule has 0 saturated carbocycles. The Morgan fingerprint density at radius 1 is 0.909 bits per heavy atom. The largest absolute Gasteiger partial charge is 0.0431 e. The number of benzene rings is 1. The Hall–Kier alpha value is 2.14. The third-order valence-corrected chi connectivity index (χ3v) is 7.88. The molecular weight excluding hydrogens is 592 g/mol. The van der Waals surface area contributed by atoms with E-state index in [1.807, 2.05) is 0 Å². The molecule has 0 atom stereocenters. The van der Waals surface area contributed by atoms with E-state index in [1.54, 1.807) is 0 Å². The zero-order valence-electron chi connectivity index (χ0n) is 5.59. The molecule has 0 spiro atoms. The summed E-state index contributed by atoms with van der Waals surface area (Å²) < 4.78 is 5.47. The van der Waals surface area contributed by atoms with Crippen molar-refractivity contribution in [2.45, 2.75) is 6.92 Å². The molecule has 0 unspecified atom stereocenters. The highest BCUT2D eigenvalue weighted by atomic mass is 127. The predicted octanol–water partition coefficient (Wildman–Crippen LogP) is 4.41. The molecule has 0 bridgehead atoms. The molecule has 0 fully saturated rings. The molecule has 0 aliphatic heterocycles. The average molecular weight is 596 g/mol. The van der Waals surface area contributed by atoms with E-state index in [1.165, 1.54) is 19.8 Å². The summed E-state index contributed by atoms with van der Waals surface area (Å²) in [6, 6.07) is 2.22. The van der Waals surface area contributed by atoms with Crippen molar-refractivity contribution in [3.05, 3.63) is 25.9 Å². The summed E-state index contributed by atoms with van der Waals surface area (Å²) >= 11 is 9.54. The van der Waals surface area contributed by atoms with E-state index in [9.17, 15) is 0 Å². The van der Waals surface area contributed by atoms with Crippen LogP contribution in [0.25, 0.3) is 0 Å². The van der Waals surface area contributed by atoms with Gasteiger partial charge in [0.1, 0.15) is 0 Å². The second-order valence-electron chi connectivity index (χ2n) is 2.09. The van der Waals surface area contributed by atoms with Gasteiger partial charge in [-0.05, 0) is 109 Å². The van der Waals surface area contributed by atoms with Gasteiger partial charge in [-0.3, -0.25) is 0 Å². The maximum atomic E-state index is 2.40. The Balaban J connectivity index is 3.46. The van der Waals surface area contributed by atoms with E-state index in [2.05, 4.69) is 103 Å². The van der Waals surface area contributed by atoms with Gasteiger partial charge in [-0.15, -0.1) is 0 Å². The van der Waals surface area contributed by atoms with Crippen molar-refractivity contribution in [2.75, 3.05) is 0 Å². The van der Waals surface area contributed by atoms with E-state index in [4.69, 9.17) is 0 Å². The number of hydrogen-bond donors (Lipinski definition) is 0. The van der Waals surface area contributed by atoms with Crippen molar-refractivity contribution in [3.63, 3.8) is 0 Å². The fraction of sp³-hybridized carbons (Fsp3) is 0.143. The number of hydrogen-bond acceptors (Lipinski definition) is 0. The zero-order valence-corrected chi connectivity index (χ0v) is 14.2. The monoisotopic (exact) mass is 596 g/mol. The lowest BCUT2D eigenvalue weighted by atomic mass is 10.2. The molecule has 1 aromatic carbocycles. The lowest BCUT2D eigenvalue weighted by Gasteiger charge is -2.05. The van der Waals surface area contributed by atoms with Crippen LogP contribution in [0.4, 0.5) is 0 Å². The minimum Gasteiger partial charge on any atom is -0.0431 e. The molecule has 0 amide bonds. The Kier molecular flexibility index (Phi) is 4.67. The molecule has 1 rings (SSSR count). The zero-order chi connectivity index (χ0) is 8.59. The number of halogens is 4. The highest BCUT2D eigenvalue weighted by Crippen LogP contribution is 2.27. The molecule has 0 saturated heterocycles. The highest BCUT2D eigenvalue weighted by Gasteiger charge is 2.07. The second-order valence-corrected chi connectivity index (χ2v) is 6.58. The third-order valence-electron chi connectivity index (χ3n) is 1.33. The number of rotatable bonds is 0. The maximum absolute atomic E-state index is 2.40. The molecule has 0 aromatic heterocycles. The van der Waals surface area contributed by atoms with Crippen LogP contribution in [0.3, 0.4) is 0 Å². The van der Waals surface area contributed by atoms with Gasteiger partial charge in [-0.25, -0.2) is 0 Å². The molecule has 0 aliphatic rings. The topological polar surface area (TPSA) is 0 Å². The molecule has 4 heteroatoms. The standard InChI is InChI=1S/C7H4I4/c1-3-6(10)4(8)2-5(9)7(3)11/h2H,1H3.